The topological polar surface area (TPSA) is 363 Å². The first-order valence-corrected chi connectivity index (χ1v) is 28.2. The zero-order chi connectivity index (χ0) is 57.4. The summed E-state index contributed by atoms with van der Waals surface area (Å²) < 4.78 is 54.4. The number of esters is 1. The smallest absolute Gasteiger partial charge is 0.302 e. The van der Waals surface area contributed by atoms with Gasteiger partial charge in [0, 0.05) is 6.92 Å². The van der Waals surface area contributed by atoms with Crippen molar-refractivity contribution in [1.82, 2.24) is 0 Å². The van der Waals surface area contributed by atoms with Gasteiger partial charge in [0.05, 0.1) is 37.6 Å². The monoisotopic (exact) mass is 1120 g/mol. The van der Waals surface area contributed by atoms with Crippen LogP contribution in [0, 0.1) is 45.3 Å². The van der Waals surface area contributed by atoms with Crippen molar-refractivity contribution in [3.63, 3.8) is 0 Å². The first-order chi connectivity index (χ1) is 36.5. The minimum atomic E-state index is -1.84. The highest BCUT2D eigenvalue weighted by Crippen LogP contribution is 2.76. The zero-order valence-electron chi connectivity index (χ0n) is 46.6. The number of carbonyl (C=O) groups excluding carboxylic acids is 1. The number of rotatable bonds is 17. The van der Waals surface area contributed by atoms with Gasteiger partial charge in [-0.1, -0.05) is 46.3 Å². The number of ether oxygens (including phenoxy) is 9. The summed E-state index contributed by atoms with van der Waals surface area (Å²) in [5, 5.41) is 142. The second kappa shape index (κ2) is 23.8. The van der Waals surface area contributed by atoms with Crippen LogP contribution in [0.5, 0.6) is 0 Å². The molecule has 23 heteroatoms. The Hall–Kier alpha value is -1.63. The number of aliphatic hydroxyl groups is 13. The van der Waals surface area contributed by atoms with E-state index in [0.29, 0.717) is 38.5 Å². The molecule has 23 nitrogen and oxygen atoms in total. The molecule has 8 rings (SSSR count). The van der Waals surface area contributed by atoms with Crippen LogP contribution in [0.2, 0.25) is 0 Å². The molecule has 0 unspecified atom stereocenters. The minimum absolute atomic E-state index is 0.0260. The molecule has 8 fully saturated rings. The Morgan fingerprint density at radius 2 is 1.13 bits per heavy atom. The van der Waals surface area contributed by atoms with Gasteiger partial charge in [-0.15, -0.1) is 0 Å². The molecule has 0 radical (unpaired) electrons. The summed E-state index contributed by atoms with van der Waals surface area (Å²) in [7, 11) is 0. The molecule has 0 bridgehead atoms. The first-order valence-electron chi connectivity index (χ1n) is 28.2. The Kier molecular flexibility index (Phi) is 19.0. The molecule has 0 spiro atoms. The average Bonchev–Trinajstić information content (AvgIpc) is 3.15. The van der Waals surface area contributed by atoms with Crippen molar-refractivity contribution in [2.75, 3.05) is 26.4 Å². The highest BCUT2D eigenvalue weighted by Gasteiger charge is 2.72. The van der Waals surface area contributed by atoms with E-state index in [-0.39, 0.29) is 34.5 Å². The molecule has 0 aromatic rings. The summed E-state index contributed by atoms with van der Waals surface area (Å²) in [4.78, 5) is 11.9. The van der Waals surface area contributed by atoms with Crippen LogP contribution in [0.4, 0.5) is 0 Å². The van der Waals surface area contributed by atoms with Gasteiger partial charge in [-0.25, -0.2) is 0 Å². The molecule has 0 aromatic heterocycles. The number of allylic oxidation sites excluding steroid dienone is 2. The van der Waals surface area contributed by atoms with E-state index in [0.717, 1.165) is 24.8 Å². The Balaban J connectivity index is 1.02. The Morgan fingerprint density at radius 3 is 1.76 bits per heavy atom. The van der Waals surface area contributed by atoms with E-state index >= 15 is 0 Å². The standard InChI is InChI=1S/C55H92O23/c1-24(2)11-10-15-55(9,78-49-45(69)41(65)38(62)31(74-49)23-71-47-43(67)37(61)29(21-57)72-47)26-12-17-54(8)35(26)27(59)19-33-52(6)16-14-34(51(4,5)32(52)13-18-53(33,54)7)76-50-46(42(66)39(63)30(75-50)22-70-25(3)58)77-48-44(68)40(64)36(60)28(20-56)73-48/h11,26-50,56-57,59-69H,10,12-23H2,1-9H3/t26-,27+,28+,29-,30+,31+,32-,33+,34-,35-,36+,37-,38+,39+,40-,41-,42-,43+,44+,45+,46+,47+,48-,49-,50-,52-,53+,54+,55-/m0/s1. The number of hydrogen-bond acceptors (Lipinski definition) is 23. The van der Waals surface area contributed by atoms with Crippen LogP contribution in [0.25, 0.3) is 0 Å². The molecule has 8 aliphatic rings. The Labute approximate surface area is 456 Å². The van der Waals surface area contributed by atoms with E-state index in [9.17, 15) is 71.2 Å². The summed E-state index contributed by atoms with van der Waals surface area (Å²) in [5.74, 6) is -1.11. The SMILES string of the molecule is CC(=O)OC[C@H]1O[C@@H](O[C@H]2CC[C@]3(C)[C@H]4C[C@@H](O)[C@@H]5[C@@H]([C@](C)(CCC=C(C)C)O[C@@H]6O[C@H](CO[C@@H]7O[C@@H](CO)[C@H](O)[C@H]7O)[C@@H](O)[C@H](O)[C@H]6O)CC[C@@]5(C)[C@]4(C)CC[C@H]3C2(C)C)[C@H](O[C@@H]2O[C@H](CO)[C@@H](O)[C@H](O)[C@H]2O)[C@@H](O)[C@@H]1O. The molecule has 29 atom stereocenters. The molecule has 450 valence electrons. The highest BCUT2D eigenvalue weighted by atomic mass is 16.8. The fraction of sp³-hybridized carbons (Fsp3) is 0.945. The van der Waals surface area contributed by atoms with Gasteiger partial charge < -0.3 is 109 Å². The fourth-order valence-corrected chi connectivity index (χ4v) is 16.2. The van der Waals surface area contributed by atoms with E-state index < -0.39 is 178 Å². The van der Waals surface area contributed by atoms with Gasteiger partial charge in [-0.2, -0.15) is 0 Å². The normalized spacial score (nSPS) is 50.9. The van der Waals surface area contributed by atoms with Gasteiger partial charge in [0.15, 0.2) is 25.2 Å². The molecule has 13 N–H and O–H groups in total. The van der Waals surface area contributed by atoms with E-state index in [1.807, 2.05) is 20.8 Å². The lowest BCUT2D eigenvalue weighted by Crippen LogP contribution is -2.68. The number of aliphatic hydroxyl groups excluding tert-OH is 13. The molecule has 4 saturated heterocycles. The fourth-order valence-electron chi connectivity index (χ4n) is 16.2. The quantitative estimate of drug-likeness (QED) is 0.0472. The maximum absolute atomic E-state index is 12.9. The van der Waals surface area contributed by atoms with Crippen molar-refractivity contribution < 1.29 is 114 Å². The molecule has 78 heavy (non-hydrogen) atoms. The summed E-state index contributed by atoms with van der Waals surface area (Å²) in [5.41, 5.74) is -1.58. The maximum Gasteiger partial charge on any atom is 0.302 e. The summed E-state index contributed by atoms with van der Waals surface area (Å²) in [6.07, 6.45) is -22.6. The van der Waals surface area contributed by atoms with Crippen LogP contribution in [0.3, 0.4) is 0 Å². The largest absolute Gasteiger partial charge is 0.463 e. The zero-order valence-corrected chi connectivity index (χ0v) is 46.6. The van der Waals surface area contributed by atoms with Crippen LogP contribution in [-0.4, -0.2) is 233 Å². The van der Waals surface area contributed by atoms with Gasteiger partial charge in [0.2, 0.25) is 0 Å². The van der Waals surface area contributed by atoms with Gasteiger partial charge in [0.25, 0.3) is 0 Å². The van der Waals surface area contributed by atoms with Crippen LogP contribution in [-0.2, 0) is 47.4 Å². The van der Waals surface area contributed by atoms with Gasteiger partial charge in [-0.05, 0) is 124 Å². The third-order valence-electron chi connectivity index (χ3n) is 20.8. The lowest BCUT2D eigenvalue weighted by molar-refractivity contribution is -0.378. The third-order valence-corrected chi connectivity index (χ3v) is 20.8. The predicted octanol–water partition coefficient (Wildman–Crippen LogP) is -0.993. The second-order valence-corrected chi connectivity index (χ2v) is 25.9. The minimum Gasteiger partial charge on any atom is -0.463 e. The molecular formula is C55H92O23. The van der Waals surface area contributed by atoms with Crippen molar-refractivity contribution in [1.29, 1.82) is 0 Å². The second-order valence-electron chi connectivity index (χ2n) is 25.9. The molecule has 4 aliphatic carbocycles. The van der Waals surface area contributed by atoms with E-state index in [1.54, 1.807) is 0 Å². The summed E-state index contributed by atoms with van der Waals surface area (Å²) in [6.45, 7) is 16.2. The van der Waals surface area contributed by atoms with E-state index in [4.69, 9.17) is 42.6 Å². The Morgan fingerprint density at radius 1 is 0.590 bits per heavy atom. The van der Waals surface area contributed by atoms with Gasteiger partial charge in [0.1, 0.15) is 98.2 Å². The van der Waals surface area contributed by atoms with Crippen molar-refractivity contribution in [2.45, 2.75) is 255 Å². The molecule has 0 amide bonds. The van der Waals surface area contributed by atoms with Crippen molar-refractivity contribution in [3.8, 4) is 0 Å². The molecule has 4 saturated carbocycles. The predicted molar refractivity (Wildman–Crippen MR) is 270 cm³/mol. The summed E-state index contributed by atoms with van der Waals surface area (Å²) in [6, 6.07) is 0. The lowest BCUT2D eigenvalue weighted by Gasteiger charge is -2.71. The van der Waals surface area contributed by atoms with Crippen LogP contribution in [0.15, 0.2) is 11.6 Å². The molecule has 4 aliphatic heterocycles. The number of hydrogen-bond donors (Lipinski definition) is 13. The number of fused-ring (bicyclic) bond motifs is 5. The number of carbonyl (C=O) groups is 1. The van der Waals surface area contributed by atoms with E-state index in [1.165, 1.54) is 6.92 Å². The third kappa shape index (κ3) is 11.2. The van der Waals surface area contributed by atoms with Crippen LogP contribution in [0.1, 0.15) is 120 Å². The molecule has 4 heterocycles. The maximum atomic E-state index is 12.9. The average molecular weight is 1120 g/mol. The van der Waals surface area contributed by atoms with Crippen molar-refractivity contribution in [2.24, 2.45) is 45.3 Å². The molecular weight excluding hydrogens is 1030 g/mol. The highest BCUT2D eigenvalue weighted by molar-refractivity contribution is 5.65. The lowest BCUT2D eigenvalue weighted by atomic mass is 9.35. The Bertz CT molecular complexity index is 2060. The van der Waals surface area contributed by atoms with Crippen LogP contribution >= 0.6 is 0 Å². The van der Waals surface area contributed by atoms with Crippen molar-refractivity contribution in [3.05, 3.63) is 11.6 Å². The van der Waals surface area contributed by atoms with Gasteiger partial charge >= 0.3 is 5.97 Å². The summed E-state index contributed by atoms with van der Waals surface area (Å²) >= 11 is 0. The van der Waals surface area contributed by atoms with Crippen molar-refractivity contribution >= 4 is 5.97 Å². The first kappa shape index (κ1) is 62.4. The van der Waals surface area contributed by atoms with Crippen LogP contribution < -0.4 is 0 Å². The van der Waals surface area contributed by atoms with Gasteiger partial charge in [-0.3, -0.25) is 4.79 Å². The molecule has 0 aromatic carbocycles. The van der Waals surface area contributed by atoms with E-state index in [2.05, 4.69) is 40.7 Å².